The number of rotatable bonds is 5. The number of hydrogen-bond acceptors (Lipinski definition) is 3. The summed E-state index contributed by atoms with van der Waals surface area (Å²) in [7, 11) is 0. The molecule has 1 fully saturated rings. The van der Waals surface area contributed by atoms with E-state index in [4.69, 9.17) is 16.6 Å². The van der Waals surface area contributed by atoms with E-state index in [9.17, 15) is 9.59 Å². The van der Waals surface area contributed by atoms with E-state index in [0.29, 0.717) is 28.3 Å². The van der Waals surface area contributed by atoms with Gasteiger partial charge in [-0.1, -0.05) is 35.7 Å². The van der Waals surface area contributed by atoms with Gasteiger partial charge in [-0.2, -0.15) is 0 Å². The summed E-state index contributed by atoms with van der Waals surface area (Å²) in [6.07, 6.45) is 2.98. The summed E-state index contributed by atoms with van der Waals surface area (Å²) in [5.41, 5.74) is 2.24. The van der Waals surface area contributed by atoms with Crippen LogP contribution in [0.1, 0.15) is 50.5 Å². The Morgan fingerprint density at radius 1 is 1.23 bits per heavy atom. The Morgan fingerprint density at radius 3 is 2.53 bits per heavy atom. The first-order valence-corrected chi connectivity index (χ1v) is 10.9. The molecule has 1 aromatic heterocycles. The highest BCUT2D eigenvalue weighted by Crippen LogP contribution is 2.32. The molecule has 1 aliphatic carbocycles. The molecule has 3 aromatic rings. The lowest BCUT2D eigenvalue weighted by atomic mass is 9.84. The molecule has 2 aromatic carbocycles. The van der Waals surface area contributed by atoms with E-state index in [1.165, 1.54) is 0 Å². The molecule has 0 saturated heterocycles. The smallest absolute Gasteiger partial charge is 0.266 e. The van der Waals surface area contributed by atoms with Crippen molar-refractivity contribution in [3.05, 3.63) is 69.2 Å². The van der Waals surface area contributed by atoms with Crippen molar-refractivity contribution in [2.75, 3.05) is 6.54 Å². The van der Waals surface area contributed by atoms with E-state index >= 15 is 0 Å². The molecule has 0 radical (unpaired) electrons. The number of nitrogens with zero attached hydrogens (tertiary/aromatic N) is 3. The minimum absolute atomic E-state index is 0.0850. The van der Waals surface area contributed by atoms with Gasteiger partial charge in [-0.05, 0) is 63.9 Å². The van der Waals surface area contributed by atoms with E-state index < -0.39 is 0 Å². The molecule has 0 aliphatic heterocycles. The van der Waals surface area contributed by atoms with Crippen LogP contribution >= 0.6 is 11.6 Å². The van der Waals surface area contributed by atoms with Crippen molar-refractivity contribution >= 4 is 28.4 Å². The van der Waals surface area contributed by atoms with Crippen LogP contribution in [0.25, 0.3) is 16.6 Å². The van der Waals surface area contributed by atoms with Crippen molar-refractivity contribution in [3.63, 3.8) is 0 Å². The molecule has 6 heteroatoms. The average molecular weight is 424 g/mol. The van der Waals surface area contributed by atoms with E-state index in [-0.39, 0.29) is 23.4 Å². The SMILES string of the molecule is CCN(C(=O)C1CCC1)C(C)c1nc2cc(Cl)ccc2c(=O)n1-c1ccc(C)cc1. The third kappa shape index (κ3) is 3.63. The van der Waals surface area contributed by atoms with E-state index in [1.807, 2.05) is 49.9 Å². The monoisotopic (exact) mass is 423 g/mol. The fraction of sp³-hybridized carbons (Fsp3) is 0.375. The minimum Gasteiger partial charge on any atom is -0.333 e. The first-order valence-electron chi connectivity index (χ1n) is 10.5. The molecular weight excluding hydrogens is 398 g/mol. The number of fused-ring (bicyclic) bond motifs is 1. The van der Waals surface area contributed by atoms with Gasteiger partial charge in [0, 0.05) is 17.5 Å². The van der Waals surface area contributed by atoms with Crippen molar-refractivity contribution in [2.45, 2.75) is 46.1 Å². The van der Waals surface area contributed by atoms with Crippen LogP contribution in [-0.2, 0) is 4.79 Å². The van der Waals surface area contributed by atoms with Gasteiger partial charge in [0.1, 0.15) is 5.82 Å². The van der Waals surface area contributed by atoms with Crippen molar-refractivity contribution < 1.29 is 4.79 Å². The maximum absolute atomic E-state index is 13.5. The standard InChI is InChI=1S/C24H26ClN3O2/c1-4-27(23(29)17-6-5-7-17)16(3)22-26-21-14-18(25)10-13-20(21)24(30)28(22)19-11-8-15(2)9-12-19/h8-14,16-17H,4-7H2,1-3H3. The lowest BCUT2D eigenvalue weighted by Gasteiger charge is -2.35. The Morgan fingerprint density at radius 2 is 1.93 bits per heavy atom. The summed E-state index contributed by atoms with van der Waals surface area (Å²) in [5, 5.41) is 1.03. The summed E-state index contributed by atoms with van der Waals surface area (Å²) >= 11 is 6.17. The molecule has 30 heavy (non-hydrogen) atoms. The van der Waals surface area contributed by atoms with E-state index in [2.05, 4.69) is 0 Å². The first kappa shape index (κ1) is 20.6. The Balaban J connectivity index is 1.91. The lowest BCUT2D eigenvalue weighted by molar-refractivity contribution is -0.140. The molecule has 1 amide bonds. The summed E-state index contributed by atoms with van der Waals surface area (Å²) in [4.78, 5) is 33.2. The number of carbonyl (C=O) groups excluding carboxylic acids is 1. The van der Waals surface area contributed by atoms with Crippen molar-refractivity contribution in [3.8, 4) is 5.69 Å². The van der Waals surface area contributed by atoms with Gasteiger partial charge in [-0.3, -0.25) is 14.2 Å². The fourth-order valence-corrected chi connectivity index (χ4v) is 4.22. The quantitative estimate of drug-likeness (QED) is 0.576. The highest BCUT2D eigenvalue weighted by Gasteiger charge is 2.33. The molecular formula is C24H26ClN3O2. The first-order chi connectivity index (χ1) is 14.4. The maximum atomic E-state index is 13.5. The van der Waals surface area contributed by atoms with Crippen molar-refractivity contribution in [1.29, 1.82) is 0 Å². The third-order valence-corrected chi connectivity index (χ3v) is 6.30. The van der Waals surface area contributed by atoms with Gasteiger partial charge >= 0.3 is 0 Å². The zero-order valence-corrected chi connectivity index (χ0v) is 18.3. The Hall–Kier alpha value is -2.66. The van der Waals surface area contributed by atoms with Crippen LogP contribution in [-0.4, -0.2) is 26.9 Å². The lowest BCUT2D eigenvalue weighted by Crippen LogP contribution is -2.42. The number of hydrogen-bond donors (Lipinski definition) is 0. The van der Waals surface area contributed by atoms with Gasteiger partial charge in [0.2, 0.25) is 5.91 Å². The van der Waals surface area contributed by atoms with Crippen LogP contribution in [0.3, 0.4) is 0 Å². The summed E-state index contributed by atoms with van der Waals surface area (Å²) < 4.78 is 1.64. The zero-order chi connectivity index (χ0) is 21.4. The van der Waals surface area contributed by atoms with Gasteiger partial charge in [-0.25, -0.2) is 4.98 Å². The number of carbonyl (C=O) groups is 1. The number of halogens is 1. The maximum Gasteiger partial charge on any atom is 0.266 e. The second-order valence-electron chi connectivity index (χ2n) is 8.04. The van der Waals surface area contributed by atoms with Gasteiger partial charge < -0.3 is 4.90 Å². The second kappa shape index (κ2) is 8.23. The number of benzene rings is 2. The molecule has 0 bridgehead atoms. The minimum atomic E-state index is -0.347. The Bertz CT molecular complexity index is 1150. The molecule has 1 unspecified atom stereocenters. The zero-order valence-electron chi connectivity index (χ0n) is 17.6. The molecule has 0 N–H and O–H groups in total. The normalized spacial score (nSPS) is 15.1. The number of amides is 1. The van der Waals surface area contributed by atoms with Crippen LogP contribution in [0, 0.1) is 12.8 Å². The topological polar surface area (TPSA) is 55.2 Å². The third-order valence-electron chi connectivity index (χ3n) is 6.07. The van der Waals surface area contributed by atoms with Gasteiger partial charge in [-0.15, -0.1) is 0 Å². The van der Waals surface area contributed by atoms with Gasteiger partial charge in [0.25, 0.3) is 5.56 Å². The molecule has 156 valence electrons. The van der Waals surface area contributed by atoms with Crippen LogP contribution in [0.4, 0.5) is 0 Å². The van der Waals surface area contributed by atoms with Crippen LogP contribution in [0.5, 0.6) is 0 Å². The summed E-state index contributed by atoms with van der Waals surface area (Å²) in [5.74, 6) is 0.780. The molecule has 1 heterocycles. The Labute approximate surface area is 181 Å². The molecule has 0 spiro atoms. The molecule has 1 saturated carbocycles. The van der Waals surface area contributed by atoms with Crippen molar-refractivity contribution in [2.24, 2.45) is 5.92 Å². The van der Waals surface area contributed by atoms with Gasteiger partial charge in [0.05, 0.1) is 22.6 Å². The predicted molar refractivity (Wildman–Crippen MR) is 120 cm³/mol. The van der Waals surface area contributed by atoms with E-state index in [1.54, 1.807) is 22.8 Å². The molecule has 5 nitrogen and oxygen atoms in total. The summed E-state index contributed by atoms with van der Waals surface area (Å²) in [6, 6.07) is 12.6. The molecule has 4 rings (SSSR count). The summed E-state index contributed by atoms with van der Waals surface area (Å²) in [6.45, 7) is 6.49. The number of aryl methyl sites for hydroxylation is 1. The van der Waals surface area contributed by atoms with Gasteiger partial charge in [0.15, 0.2) is 0 Å². The highest BCUT2D eigenvalue weighted by atomic mass is 35.5. The van der Waals surface area contributed by atoms with Crippen LogP contribution < -0.4 is 5.56 Å². The van der Waals surface area contributed by atoms with Crippen molar-refractivity contribution in [1.82, 2.24) is 14.5 Å². The largest absolute Gasteiger partial charge is 0.333 e. The Kier molecular flexibility index (Phi) is 5.65. The fourth-order valence-electron chi connectivity index (χ4n) is 4.05. The van der Waals surface area contributed by atoms with E-state index in [0.717, 1.165) is 30.5 Å². The van der Waals surface area contributed by atoms with Crippen LogP contribution in [0.15, 0.2) is 47.3 Å². The highest BCUT2D eigenvalue weighted by molar-refractivity contribution is 6.31. The predicted octanol–water partition coefficient (Wildman–Crippen LogP) is 5.06. The molecule has 1 aliphatic rings. The molecule has 1 atom stereocenters. The second-order valence-corrected chi connectivity index (χ2v) is 8.47. The number of aromatic nitrogens is 2. The van der Waals surface area contributed by atoms with Crippen LogP contribution in [0.2, 0.25) is 5.02 Å². The average Bonchev–Trinajstić information content (AvgIpc) is 2.67.